The maximum absolute atomic E-state index is 10.3. The van der Waals surface area contributed by atoms with Crippen molar-refractivity contribution in [2.45, 2.75) is 0 Å². The fourth-order valence-electron chi connectivity index (χ4n) is 0.935. The Morgan fingerprint density at radius 1 is 1.50 bits per heavy atom. The first-order valence-corrected chi connectivity index (χ1v) is 3.23. The van der Waals surface area contributed by atoms with Crippen LogP contribution in [0.1, 0.15) is 0 Å². The van der Waals surface area contributed by atoms with Gasteiger partial charge in [0.15, 0.2) is 11.5 Å². The van der Waals surface area contributed by atoms with E-state index in [9.17, 15) is 10.1 Å². The summed E-state index contributed by atoms with van der Waals surface area (Å²) >= 11 is 0. The molecule has 0 aliphatic carbocycles. The van der Waals surface area contributed by atoms with Crippen LogP contribution in [0.15, 0.2) is 12.1 Å². The van der Waals surface area contributed by atoms with Crippen LogP contribution in [0.4, 0.5) is 5.69 Å². The molecule has 1 aliphatic rings. The summed E-state index contributed by atoms with van der Waals surface area (Å²) in [5, 5.41) is 10.3. The summed E-state index contributed by atoms with van der Waals surface area (Å²) in [7, 11) is 0. The lowest BCUT2D eigenvalue weighted by Crippen LogP contribution is -1.93. The molecule has 61 valence electrons. The Morgan fingerprint density at radius 2 is 2.25 bits per heavy atom. The second-order valence-corrected chi connectivity index (χ2v) is 2.21. The zero-order valence-corrected chi connectivity index (χ0v) is 5.94. The molecule has 1 aliphatic heterocycles. The van der Waals surface area contributed by atoms with E-state index in [-0.39, 0.29) is 12.5 Å². The highest BCUT2D eigenvalue weighted by Gasteiger charge is 2.17. The number of non-ortho nitro benzene ring substituents is 1. The van der Waals surface area contributed by atoms with E-state index >= 15 is 0 Å². The standard InChI is InChI=1S/C7H4NO4/c9-8(10)5-1-2-6-7(3-5)12-4-11-6/h2-3H,4H2. The first-order chi connectivity index (χ1) is 5.77. The van der Waals surface area contributed by atoms with Gasteiger partial charge in [0.2, 0.25) is 6.79 Å². The Labute approximate surface area is 67.7 Å². The number of fused-ring (bicyclic) bond motifs is 1. The van der Waals surface area contributed by atoms with E-state index in [4.69, 9.17) is 9.47 Å². The zero-order chi connectivity index (χ0) is 8.55. The lowest BCUT2D eigenvalue weighted by atomic mass is 10.3. The fourth-order valence-corrected chi connectivity index (χ4v) is 0.935. The van der Waals surface area contributed by atoms with Crippen molar-refractivity contribution >= 4 is 5.69 Å². The van der Waals surface area contributed by atoms with E-state index in [1.807, 2.05) is 0 Å². The van der Waals surface area contributed by atoms with Crippen LogP contribution in [-0.2, 0) is 0 Å². The molecule has 1 heterocycles. The molecule has 0 saturated carbocycles. The van der Waals surface area contributed by atoms with Crippen molar-refractivity contribution < 1.29 is 14.4 Å². The molecule has 0 fully saturated rings. The van der Waals surface area contributed by atoms with Crippen molar-refractivity contribution in [1.29, 1.82) is 0 Å². The predicted octanol–water partition coefficient (Wildman–Crippen LogP) is 1.12. The topological polar surface area (TPSA) is 61.6 Å². The average Bonchev–Trinajstić information content (AvgIpc) is 2.49. The van der Waals surface area contributed by atoms with Crippen LogP contribution in [0.2, 0.25) is 0 Å². The fraction of sp³-hybridized carbons (Fsp3) is 0.143. The number of nitro groups is 1. The molecule has 0 atom stereocenters. The largest absolute Gasteiger partial charge is 0.454 e. The van der Waals surface area contributed by atoms with E-state index in [2.05, 4.69) is 6.07 Å². The zero-order valence-electron chi connectivity index (χ0n) is 5.94. The van der Waals surface area contributed by atoms with Crippen molar-refractivity contribution in [2.75, 3.05) is 6.79 Å². The molecule has 2 rings (SSSR count). The lowest BCUT2D eigenvalue weighted by Gasteiger charge is -1.93. The van der Waals surface area contributed by atoms with E-state index in [1.165, 1.54) is 12.1 Å². The van der Waals surface area contributed by atoms with E-state index in [1.54, 1.807) is 0 Å². The molecule has 0 amide bonds. The van der Waals surface area contributed by atoms with Gasteiger partial charge < -0.3 is 9.47 Å². The Hall–Kier alpha value is -1.78. The number of rotatable bonds is 1. The molecule has 1 aromatic carbocycles. The van der Waals surface area contributed by atoms with Gasteiger partial charge in [0, 0.05) is 0 Å². The third kappa shape index (κ3) is 0.952. The second kappa shape index (κ2) is 2.37. The molecule has 5 heteroatoms. The number of hydrogen-bond donors (Lipinski definition) is 0. The van der Waals surface area contributed by atoms with Crippen molar-refractivity contribution in [3.63, 3.8) is 0 Å². The lowest BCUT2D eigenvalue weighted by molar-refractivity contribution is -0.385. The van der Waals surface area contributed by atoms with E-state index in [0.717, 1.165) is 0 Å². The van der Waals surface area contributed by atoms with Crippen molar-refractivity contribution in [1.82, 2.24) is 0 Å². The molecule has 12 heavy (non-hydrogen) atoms. The van der Waals surface area contributed by atoms with Crippen LogP contribution in [0.25, 0.3) is 0 Å². The molecule has 0 bridgehead atoms. The highest BCUT2D eigenvalue weighted by molar-refractivity contribution is 5.48. The van der Waals surface area contributed by atoms with Gasteiger partial charge in [-0.3, -0.25) is 10.1 Å². The molecule has 0 spiro atoms. The van der Waals surface area contributed by atoms with Crippen molar-refractivity contribution in [2.24, 2.45) is 0 Å². The van der Waals surface area contributed by atoms with Crippen LogP contribution in [0.5, 0.6) is 11.5 Å². The van der Waals surface area contributed by atoms with Crippen LogP contribution >= 0.6 is 0 Å². The van der Waals surface area contributed by atoms with E-state index in [0.29, 0.717) is 11.5 Å². The predicted molar refractivity (Wildman–Crippen MR) is 38.1 cm³/mol. The first kappa shape index (κ1) is 6.90. The smallest absolute Gasteiger partial charge is 0.281 e. The van der Waals surface area contributed by atoms with Crippen molar-refractivity contribution in [3.8, 4) is 11.5 Å². The Balaban J connectivity index is 2.45. The average molecular weight is 166 g/mol. The van der Waals surface area contributed by atoms with Crippen LogP contribution in [0, 0.1) is 16.2 Å². The number of benzene rings is 1. The summed E-state index contributed by atoms with van der Waals surface area (Å²) in [4.78, 5) is 9.75. The van der Waals surface area contributed by atoms with Gasteiger partial charge in [-0.1, -0.05) is 0 Å². The van der Waals surface area contributed by atoms with Crippen LogP contribution < -0.4 is 9.47 Å². The summed E-state index contributed by atoms with van der Waals surface area (Å²) < 4.78 is 9.90. The SMILES string of the molecule is O=[N+]([O-])c1[c]cc2c(c1)OCO2. The molecule has 0 aromatic heterocycles. The molecular formula is C7H4NO4. The minimum absolute atomic E-state index is 0.112. The Bertz CT molecular complexity index is 336. The second-order valence-electron chi connectivity index (χ2n) is 2.21. The van der Waals surface area contributed by atoms with Gasteiger partial charge in [0.1, 0.15) is 0 Å². The number of nitrogens with zero attached hydrogens (tertiary/aromatic N) is 1. The first-order valence-electron chi connectivity index (χ1n) is 3.23. The maximum atomic E-state index is 10.3. The third-order valence-corrected chi connectivity index (χ3v) is 1.49. The van der Waals surface area contributed by atoms with Gasteiger partial charge in [-0.25, -0.2) is 0 Å². The molecule has 0 N–H and O–H groups in total. The molecule has 0 unspecified atom stereocenters. The minimum atomic E-state index is -0.526. The number of nitro benzene ring substituents is 1. The maximum Gasteiger partial charge on any atom is 0.281 e. The molecule has 5 nitrogen and oxygen atoms in total. The summed E-state index contributed by atoms with van der Waals surface area (Å²) in [5.74, 6) is 0.904. The van der Waals surface area contributed by atoms with Crippen molar-refractivity contribution in [3.05, 3.63) is 28.3 Å². The molecule has 0 saturated heterocycles. The molecule has 1 radical (unpaired) electrons. The summed E-state index contributed by atoms with van der Waals surface area (Å²) in [5.41, 5.74) is -0.112. The Morgan fingerprint density at radius 3 is 3.00 bits per heavy atom. The summed E-state index contributed by atoms with van der Waals surface area (Å²) in [6.07, 6.45) is 0. The van der Waals surface area contributed by atoms with E-state index < -0.39 is 4.92 Å². The monoisotopic (exact) mass is 166 g/mol. The van der Waals surface area contributed by atoms with Crippen LogP contribution in [-0.4, -0.2) is 11.7 Å². The van der Waals surface area contributed by atoms with Gasteiger partial charge in [-0.15, -0.1) is 0 Å². The van der Waals surface area contributed by atoms with Crippen LogP contribution in [0.3, 0.4) is 0 Å². The van der Waals surface area contributed by atoms with Gasteiger partial charge in [0.05, 0.1) is 17.1 Å². The highest BCUT2D eigenvalue weighted by atomic mass is 16.7. The Kier molecular flexibility index (Phi) is 1.36. The molecule has 1 aromatic rings. The third-order valence-electron chi connectivity index (χ3n) is 1.49. The number of hydrogen-bond acceptors (Lipinski definition) is 4. The number of ether oxygens (including phenoxy) is 2. The van der Waals surface area contributed by atoms with Gasteiger partial charge in [0.25, 0.3) is 5.69 Å². The van der Waals surface area contributed by atoms with Gasteiger partial charge in [-0.05, 0) is 6.07 Å². The minimum Gasteiger partial charge on any atom is -0.454 e. The summed E-state index contributed by atoms with van der Waals surface area (Å²) in [6, 6.07) is 5.16. The summed E-state index contributed by atoms with van der Waals surface area (Å²) in [6.45, 7) is 0.115. The highest BCUT2D eigenvalue weighted by Crippen LogP contribution is 2.34. The van der Waals surface area contributed by atoms with Gasteiger partial charge >= 0.3 is 0 Å². The quantitative estimate of drug-likeness (QED) is 0.463. The molecular weight excluding hydrogens is 162 g/mol. The normalized spacial score (nSPS) is 13.0. The van der Waals surface area contributed by atoms with Gasteiger partial charge in [-0.2, -0.15) is 0 Å².